The molecule has 3 rings (SSSR count). The molecule has 0 radical (unpaired) electrons. The quantitative estimate of drug-likeness (QED) is 0.817. The van der Waals surface area contributed by atoms with Crippen molar-refractivity contribution in [2.24, 2.45) is 0 Å². The Hall–Kier alpha value is -2.09. The first-order valence-electron chi connectivity index (χ1n) is 6.92. The van der Waals surface area contributed by atoms with Crippen molar-refractivity contribution in [3.63, 3.8) is 0 Å². The third-order valence-electron chi connectivity index (χ3n) is 3.98. The second-order valence-corrected chi connectivity index (χ2v) is 5.45. The first-order chi connectivity index (χ1) is 9.60. The smallest absolute Gasteiger partial charge is 0.163 e. The van der Waals surface area contributed by atoms with Crippen LogP contribution < -0.4 is 4.74 Å². The molecule has 0 aromatic heterocycles. The normalized spacial score (nSPS) is 13.4. The van der Waals surface area contributed by atoms with Crippen LogP contribution in [-0.2, 0) is 6.42 Å². The van der Waals surface area contributed by atoms with Gasteiger partial charge >= 0.3 is 0 Å². The molecule has 0 unspecified atom stereocenters. The van der Waals surface area contributed by atoms with E-state index in [0.29, 0.717) is 6.42 Å². The summed E-state index contributed by atoms with van der Waals surface area (Å²) in [4.78, 5) is 11.7. The van der Waals surface area contributed by atoms with Crippen molar-refractivity contribution in [2.45, 2.75) is 26.7 Å². The highest BCUT2D eigenvalue weighted by atomic mass is 16.5. The molecule has 1 aliphatic rings. The van der Waals surface area contributed by atoms with Crippen molar-refractivity contribution in [3.05, 3.63) is 52.6 Å². The van der Waals surface area contributed by atoms with E-state index in [0.717, 1.165) is 34.4 Å². The van der Waals surface area contributed by atoms with Crippen LogP contribution in [0.4, 0.5) is 0 Å². The van der Waals surface area contributed by atoms with Crippen LogP contribution in [0.25, 0.3) is 11.1 Å². The Labute approximate surface area is 119 Å². The van der Waals surface area contributed by atoms with Gasteiger partial charge in [-0.25, -0.2) is 0 Å². The molecule has 20 heavy (non-hydrogen) atoms. The third-order valence-corrected chi connectivity index (χ3v) is 3.98. The first kappa shape index (κ1) is 12.9. The number of fused-ring (bicyclic) bond motifs is 1. The van der Waals surface area contributed by atoms with E-state index in [-0.39, 0.29) is 5.78 Å². The lowest BCUT2D eigenvalue weighted by molar-refractivity contribution is 0.0994. The first-order valence-corrected chi connectivity index (χ1v) is 6.92. The predicted molar refractivity (Wildman–Crippen MR) is 80.6 cm³/mol. The number of benzene rings is 2. The predicted octanol–water partition coefficient (Wildman–Crippen LogP) is 4.11. The van der Waals surface area contributed by atoms with Crippen molar-refractivity contribution >= 4 is 5.78 Å². The molecule has 0 amide bonds. The molecule has 1 aliphatic carbocycles. The summed E-state index contributed by atoms with van der Waals surface area (Å²) in [6.07, 6.45) is 1.50. The van der Waals surface area contributed by atoms with Gasteiger partial charge in [-0.1, -0.05) is 24.3 Å². The fourth-order valence-corrected chi connectivity index (χ4v) is 3.07. The van der Waals surface area contributed by atoms with Crippen molar-refractivity contribution < 1.29 is 9.53 Å². The molecule has 102 valence electrons. The van der Waals surface area contributed by atoms with Crippen LogP contribution in [-0.4, -0.2) is 12.9 Å². The molecular weight excluding hydrogens is 248 g/mol. The highest BCUT2D eigenvalue weighted by molar-refractivity contribution is 6.01. The van der Waals surface area contributed by atoms with Crippen LogP contribution in [0.3, 0.4) is 0 Å². The summed E-state index contributed by atoms with van der Waals surface area (Å²) in [5.74, 6) is 1.16. The number of ketones is 1. The fraction of sp³-hybridized carbons (Fsp3) is 0.278. The Morgan fingerprint density at radius 3 is 2.60 bits per heavy atom. The summed E-state index contributed by atoms with van der Waals surface area (Å²) in [6.45, 7) is 4.17. The van der Waals surface area contributed by atoms with Crippen molar-refractivity contribution in [1.82, 2.24) is 0 Å². The minimum absolute atomic E-state index is 0.263. The van der Waals surface area contributed by atoms with Gasteiger partial charge in [-0.3, -0.25) is 4.79 Å². The molecule has 0 fully saturated rings. The van der Waals surface area contributed by atoms with Gasteiger partial charge in [0.15, 0.2) is 5.78 Å². The molecule has 0 saturated carbocycles. The summed E-state index contributed by atoms with van der Waals surface area (Å²) in [5, 5.41) is 0. The molecule has 2 aromatic rings. The van der Waals surface area contributed by atoms with Crippen molar-refractivity contribution in [3.8, 4) is 16.9 Å². The molecule has 0 bridgehead atoms. The molecule has 0 spiro atoms. The van der Waals surface area contributed by atoms with Crippen LogP contribution in [0.1, 0.15) is 33.5 Å². The monoisotopic (exact) mass is 266 g/mol. The minimum Gasteiger partial charge on any atom is -0.496 e. The summed E-state index contributed by atoms with van der Waals surface area (Å²) >= 11 is 0. The number of methoxy groups -OCH3 is 1. The van der Waals surface area contributed by atoms with Crippen LogP contribution in [0.15, 0.2) is 30.3 Å². The lowest BCUT2D eigenvalue weighted by Crippen LogP contribution is -1.95. The summed E-state index contributed by atoms with van der Waals surface area (Å²) in [6, 6.07) is 10.3. The Balaban J connectivity index is 2.17. The van der Waals surface area contributed by atoms with Gasteiger partial charge in [-0.05, 0) is 48.6 Å². The average molecular weight is 266 g/mol. The SMILES string of the molecule is COc1cc(C)cc(C)c1-c1ccc2c(c1)CCC2=O. The zero-order valence-electron chi connectivity index (χ0n) is 12.1. The van der Waals surface area contributed by atoms with E-state index in [4.69, 9.17) is 4.74 Å². The van der Waals surface area contributed by atoms with Gasteiger partial charge in [-0.2, -0.15) is 0 Å². The van der Waals surface area contributed by atoms with Gasteiger partial charge in [0.05, 0.1) is 7.11 Å². The molecule has 2 aromatic carbocycles. The fourth-order valence-electron chi connectivity index (χ4n) is 3.07. The maximum absolute atomic E-state index is 11.7. The zero-order valence-corrected chi connectivity index (χ0v) is 12.1. The molecule has 0 N–H and O–H groups in total. The Kier molecular flexibility index (Phi) is 3.09. The van der Waals surface area contributed by atoms with E-state index in [2.05, 4.69) is 32.0 Å². The lowest BCUT2D eigenvalue weighted by atomic mass is 9.95. The molecule has 0 saturated heterocycles. The Morgan fingerprint density at radius 2 is 1.85 bits per heavy atom. The Morgan fingerprint density at radius 1 is 1.05 bits per heavy atom. The van der Waals surface area contributed by atoms with Gasteiger partial charge < -0.3 is 4.74 Å². The molecule has 2 nitrogen and oxygen atoms in total. The van der Waals surface area contributed by atoms with Gasteiger partial charge in [0.25, 0.3) is 0 Å². The van der Waals surface area contributed by atoms with Crippen LogP contribution in [0, 0.1) is 13.8 Å². The second-order valence-electron chi connectivity index (χ2n) is 5.45. The number of rotatable bonds is 2. The average Bonchev–Trinajstić information content (AvgIpc) is 2.79. The Bertz CT molecular complexity index is 699. The minimum atomic E-state index is 0.263. The topological polar surface area (TPSA) is 26.3 Å². The van der Waals surface area contributed by atoms with Gasteiger partial charge in [0, 0.05) is 17.5 Å². The van der Waals surface area contributed by atoms with E-state index in [9.17, 15) is 4.79 Å². The number of carbonyl (C=O) groups excluding carboxylic acids is 1. The number of ether oxygens (including phenoxy) is 1. The number of carbonyl (C=O) groups is 1. The highest BCUT2D eigenvalue weighted by Gasteiger charge is 2.20. The maximum Gasteiger partial charge on any atom is 0.163 e. The van der Waals surface area contributed by atoms with Crippen LogP contribution in [0.5, 0.6) is 5.75 Å². The molecule has 0 heterocycles. The summed E-state index contributed by atoms with van der Waals surface area (Å²) < 4.78 is 5.53. The van der Waals surface area contributed by atoms with Gasteiger partial charge in [0.2, 0.25) is 0 Å². The molecule has 2 heteroatoms. The van der Waals surface area contributed by atoms with E-state index >= 15 is 0 Å². The van der Waals surface area contributed by atoms with Gasteiger partial charge in [0.1, 0.15) is 5.75 Å². The van der Waals surface area contributed by atoms with Crippen LogP contribution in [0.2, 0.25) is 0 Å². The van der Waals surface area contributed by atoms with E-state index in [1.54, 1.807) is 7.11 Å². The van der Waals surface area contributed by atoms with E-state index < -0.39 is 0 Å². The van der Waals surface area contributed by atoms with Crippen LogP contribution >= 0.6 is 0 Å². The number of hydrogen-bond acceptors (Lipinski definition) is 2. The highest BCUT2D eigenvalue weighted by Crippen LogP contribution is 2.36. The lowest BCUT2D eigenvalue weighted by Gasteiger charge is -2.14. The standard InChI is InChI=1S/C18H18O2/c1-11-8-12(2)18(17(9-11)20-3)14-4-6-15-13(10-14)5-7-16(15)19/h4,6,8-10H,5,7H2,1-3H3. The van der Waals surface area contributed by atoms with Crippen molar-refractivity contribution in [2.75, 3.05) is 7.11 Å². The molecule has 0 atom stereocenters. The number of Topliss-reactive ketones (excluding diaryl/α,β-unsaturated/α-hetero) is 1. The van der Waals surface area contributed by atoms with E-state index in [1.807, 2.05) is 12.1 Å². The molecule has 0 aliphatic heterocycles. The molecular formula is C18H18O2. The third kappa shape index (κ3) is 2.01. The number of hydrogen-bond donors (Lipinski definition) is 0. The summed E-state index contributed by atoms with van der Waals surface area (Å²) in [5.41, 5.74) is 6.70. The van der Waals surface area contributed by atoms with Gasteiger partial charge in [-0.15, -0.1) is 0 Å². The largest absolute Gasteiger partial charge is 0.496 e. The van der Waals surface area contributed by atoms with E-state index in [1.165, 1.54) is 11.1 Å². The number of aryl methyl sites for hydroxylation is 3. The van der Waals surface area contributed by atoms with Crippen molar-refractivity contribution in [1.29, 1.82) is 0 Å². The summed E-state index contributed by atoms with van der Waals surface area (Å²) in [7, 11) is 1.70. The second kappa shape index (κ2) is 4.78. The maximum atomic E-state index is 11.7. The zero-order chi connectivity index (χ0) is 14.3.